The molecule has 0 aromatic carbocycles. The van der Waals surface area contributed by atoms with Crippen LogP contribution in [0, 0.1) is 5.92 Å². The topological polar surface area (TPSA) is 3.24 Å². The van der Waals surface area contributed by atoms with Crippen molar-refractivity contribution in [2.24, 2.45) is 5.92 Å². The molecule has 11 heavy (non-hydrogen) atoms. The summed E-state index contributed by atoms with van der Waals surface area (Å²) < 4.78 is 0. The van der Waals surface area contributed by atoms with Gasteiger partial charge in [-0.05, 0) is 25.7 Å². The van der Waals surface area contributed by atoms with Crippen LogP contribution in [0.25, 0.3) is 0 Å². The molecule has 0 amide bonds. The van der Waals surface area contributed by atoms with Gasteiger partial charge in [-0.15, -0.1) is 0 Å². The maximum Gasteiger partial charge on any atom is 0.136 e. The molecule has 0 aromatic rings. The summed E-state index contributed by atoms with van der Waals surface area (Å²) in [6.45, 7) is 8.66. The summed E-state index contributed by atoms with van der Waals surface area (Å²) >= 11 is 4.73. The minimum Gasteiger partial charge on any atom is -0.361 e. The Balaban J connectivity index is 3.28. The van der Waals surface area contributed by atoms with E-state index in [2.05, 4.69) is 31.2 Å². The molecular weight excluding hydrogens is 154 g/mol. The normalized spacial score (nSPS) is 10.2. The minimum absolute atomic E-state index is 0.804. The first-order valence-corrected chi connectivity index (χ1v) is 4.74. The fourth-order valence-corrected chi connectivity index (χ4v) is 1.18. The van der Waals surface area contributed by atoms with Crippen molar-refractivity contribution in [3.63, 3.8) is 0 Å². The number of thiocarbonyl (C=S) groups is 1. The summed E-state index contributed by atoms with van der Waals surface area (Å²) in [5.74, 6) is 0.804. The van der Waals surface area contributed by atoms with Gasteiger partial charge in [-0.2, -0.15) is 0 Å². The van der Waals surface area contributed by atoms with E-state index in [0.717, 1.165) is 19.0 Å². The molecule has 0 spiro atoms. The lowest BCUT2D eigenvalue weighted by Gasteiger charge is -2.15. The third-order valence-electron chi connectivity index (χ3n) is 1.72. The number of nitrogens with zero attached hydrogens (tertiary/aromatic N) is 1. The molecule has 0 aliphatic rings. The van der Waals surface area contributed by atoms with Gasteiger partial charge in [-0.25, -0.2) is 0 Å². The predicted molar refractivity (Wildman–Crippen MR) is 53.9 cm³/mol. The van der Waals surface area contributed by atoms with E-state index < -0.39 is 0 Å². The zero-order valence-corrected chi connectivity index (χ0v) is 8.58. The first-order valence-electron chi connectivity index (χ1n) is 4.33. The molecule has 1 nitrogen and oxygen atoms in total. The number of hydrogen-bond acceptors (Lipinski definition) is 1. The number of rotatable bonds is 6. The Morgan fingerprint density at radius 1 is 1.45 bits per heavy atom. The van der Waals surface area contributed by atoms with Crippen LogP contribution in [0.5, 0.6) is 0 Å². The van der Waals surface area contributed by atoms with E-state index in [-0.39, 0.29) is 0 Å². The zero-order valence-electron chi connectivity index (χ0n) is 7.76. The highest BCUT2D eigenvalue weighted by Crippen LogP contribution is 2.03. The third-order valence-corrected chi connectivity index (χ3v) is 1.98. The molecule has 0 aliphatic carbocycles. The second-order valence-corrected chi connectivity index (χ2v) is 3.39. The summed E-state index contributed by atoms with van der Waals surface area (Å²) in [5, 5.41) is 0. The van der Waals surface area contributed by atoms with E-state index in [1.54, 1.807) is 0 Å². The van der Waals surface area contributed by atoms with Crippen LogP contribution >= 0.6 is 12.2 Å². The molecule has 0 fully saturated rings. The highest BCUT2D eigenvalue weighted by atomic mass is 32.1. The quantitative estimate of drug-likeness (QED) is 0.447. The molecule has 0 saturated carbocycles. The van der Waals surface area contributed by atoms with Crippen LogP contribution in [0.1, 0.15) is 33.6 Å². The zero-order chi connectivity index (χ0) is 8.69. The average molecular weight is 172 g/mol. The van der Waals surface area contributed by atoms with Crippen LogP contribution in [-0.2, 0) is 0 Å². The third kappa shape index (κ3) is 6.29. The van der Waals surface area contributed by atoms with Gasteiger partial charge in [0.1, 0.15) is 5.49 Å². The molecule has 0 aromatic heterocycles. The van der Waals surface area contributed by atoms with Gasteiger partial charge >= 0.3 is 0 Å². The molecule has 0 unspecified atom stereocenters. The maximum atomic E-state index is 4.73. The molecule has 65 valence electrons. The second-order valence-electron chi connectivity index (χ2n) is 3.21. The van der Waals surface area contributed by atoms with Crippen molar-refractivity contribution in [2.45, 2.75) is 33.6 Å². The minimum atomic E-state index is 0.804. The van der Waals surface area contributed by atoms with Crippen molar-refractivity contribution < 1.29 is 0 Å². The van der Waals surface area contributed by atoms with E-state index in [0.29, 0.717) is 0 Å². The molecular formula is C9H18NS. The molecule has 0 N–H and O–H groups in total. The summed E-state index contributed by atoms with van der Waals surface area (Å²) in [5.41, 5.74) is 2.74. The monoisotopic (exact) mass is 172 g/mol. The van der Waals surface area contributed by atoms with Gasteiger partial charge < -0.3 is 4.90 Å². The van der Waals surface area contributed by atoms with Gasteiger partial charge in [-0.3, -0.25) is 0 Å². The maximum absolute atomic E-state index is 4.73. The Morgan fingerprint density at radius 2 is 2.09 bits per heavy atom. The lowest BCUT2D eigenvalue weighted by Crippen LogP contribution is -2.21. The first-order chi connectivity index (χ1) is 5.20. The van der Waals surface area contributed by atoms with Crippen molar-refractivity contribution in [1.82, 2.24) is 4.90 Å². The number of hydrogen-bond donors (Lipinski definition) is 0. The molecule has 0 atom stereocenters. The highest BCUT2D eigenvalue weighted by Gasteiger charge is 1.97. The van der Waals surface area contributed by atoms with Crippen molar-refractivity contribution in [2.75, 3.05) is 13.1 Å². The molecule has 2 heteroatoms. The summed E-state index contributed by atoms with van der Waals surface area (Å²) in [7, 11) is 0. The molecule has 0 saturated heterocycles. The van der Waals surface area contributed by atoms with E-state index in [4.69, 9.17) is 12.2 Å². The Morgan fingerprint density at radius 3 is 2.45 bits per heavy atom. The fourth-order valence-electron chi connectivity index (χ4n) is 0.959. The van der Waals surface area contributed by atoms with E-state index in [1.807, 2.05) is 0 Å². The summed E-state index contributed by atoms with van der Waals surface area (Å²) in [6, 6.07) is 0. The van der Waals surface area contributed by atoms with Crippen LogP contribution in [0.4, 0.5) is 0 Å². The average Bonchev–Trinajstić information content (AvgIpc) is 1.98. The van der Waals surface area contributed by atoms with Crippen LogP contribution in [-0.4, -0.2) is 23.5 Å². The van der Waals surface area contributed by atoms with Crippen LogP contribution in [0.15, 0.2) is 0 Å². The smallest absolute Gasteiger partial charge is 0.136 e. The highest BCUT2D eigenvalue weighted by molar-refractivity contribution is 7.78. The fraction of sp³-hybridized carbons (Fsp3) is 0.889. The standard InChI is InChI=1S/C9H18NS/c1-4-10(8-11)7-5-6-9(2)3/h9H,4-7H2,1-3H3. The van der Waals surface area contributed by atoms with Gasteiger partial charge in [0.2, 0.25) is 0 Å². The second kappa shape index (κ2) is 6.59. The van der Waals surface area contributed by atoms with E-state index >= 15 is 0 Å². The summed E-state index contributed by atoms with van der Waals surface area (Å²) in [6.07, 6.45) is 2.52. The van der Waals surface area contributed by atoms with Gasteiger partial charge in [0.15, 0.2) is 0 Å². The van der Waals surface area contributed by atoms with E-state index in [9.17, 15) is 0 Å². The molecule has 0 aliphatic heterocycles. The Labute approximate surface area is 75.8 Å². The Hall–Kier alpha value is -0.110. The largest absolute Gasteiger partial charge is 0.361 e. The van der Waals surface area contributed by atoms with Crippen molar-refractivity contribution >= 4 is 17.7 Å². The summed E-state index contributed by atoms with van der Waals surface area (Å²) in [4.78, 5) is 2.05. The van der Waals surface area contributed by atoms with Gasteiger partial charge in [0.25, 0.3) is 0 Å². The molecule has 0 bridgehead atoms. The molecule has 0 heterocycles. The van der Waals surface area contributed by atoms with Crippen molar-refractivity contribution in [3.05, 3.63) is 0 Å². The lowest BCUT2D eigenvalue weighted by atomic mass is 10.1. The van der Waals surface area contributed by atoms with Gasteiger partial charge in [0.05, 0.1) is 0 Å². The lowest BCUT2D eigenvalue weighted by molar-refractivity contribution is 0.418. The molecule has 1 radical (unpaired) electrons. The molecule has 0 rings (SSSR count). The van der Waals surface area contributed by atoms with Crippen LogP contribution in [0.3, 0.4) is 0 Å². The van der Waals surface area contributed by atoms with Crippen molar-refractivity contribution in [3.8, 4) is 0 Å². The Bertz CT molecular complexity index is 102. The van der Waals surface area contributed by atoms with Crippen molar-refractivity contribution in [1.29, 1.82) is 0 Å². The van der Waals surface area contributed by atoms with Gasteiger partial charge in [0, 0.05) is 13.1 Å². The van der Waals surface area contributed by atoms with Crippen LogP contribution in [0.2, 0.25) is 0 Å². The van der Waals surface area contributed by atoms with Gasteiger partial charge in [-0.1, -0.05) is 26.1 Å². The predicted octanol–water partition coefficient (Wildman–Crippen LogP) is 2.58. The van der Waals surface area contributed by atoms with Crippen LogP contribution < -0.4 is 0 Å². The first kappa shape index (κ1) is 10.9. The SMILES string of the molecule is CCN([C]=S)CCCC(C)C. The van der Waals surface area contributed by atoms with E-state index in [1.165, 1.54) is 12.8 Å². The Kier molecular flexibility index (Phi) is 6.52.